The molecule has 0 atom stereocenters. The maximum Gasteiger partial charge on any atom is 0.278 e. The summed E-state index contributed by atoms with van der Waals surface area (Å²) in [5.74, 6) is 0. The monoisotopic (exact) mass is 248 g/mol. The van der Waals surface area contributed by atoms with Crippen LogP contribution in [0, 0.1) is 0 Å². The van der Waals surface area contributed by atoms with E-state index in [1.54, 1.807) is 0 Å². The number of hydrogen-bond acceptors (Lipinski definition) is 2. The van der Waals surface area contributed by atoms with E-state index in [0.29, 0.717) is 0 Å². The van der Waals surface area contributed by atoms with Crippen molar-refractivity contribution in [3.05, 3.63) is 55.1 Å². The van der Waals surface area contributed by atoms with Crippen molar-refractivity contribution < 1.29 is 4.40 Å². The molecule has 0 aromatic carbocycles. The molecule has 4 aromatic heterocycles. The fraction of sp³-hybridized carbons (Fsp3) is 0.0714. The first kappa shape index (κ1) is 9.27. The average Bonchev–Trinajstić information content (AvgIpc) is 3.04. The number of aromatic nitrogens is 5. The highest BCUT2D eigenvalue weighted by molar-refractivity contribution is 5.78. The van der Waals surface area contributed by atoms with Crippen molar-refractivity contribution in [1.82, 2.24) is 18.9 Å². The van der Waals surface area contributed by atoms with Gasteiger partial charge in [0.05, 0.1) is 24.3 Å². The van der Waals surface area contributed by atoms with Gasteiger partial charge in [0.15, 0.2) is 17.5 Å². The molecular weight excluding hydrogens is 238 g/mol. The molecule has 0 spiro atoms. The van der Waals surface area contributed by atoms with Crippen molar-refractivity contribution in [2.24, 2.45) is 0 Å². The van der Waals surface area contributed by atoms with Crippen molar-refractivity contribution >= 4 is 11.2 Å². The van der Waals surface area contributed by atoms with Crippen LogP contribution in [-0.4, -0.2) is 18.9 Å². The highest BCUT2D eigenvalue weighted by Crippen LogP contribution is 2.32. The van der Waals surface area contributed by atoms with Crippen LogP contribution < -0.4 is 4.40 Å². The van der Waals surface area contributed by atoms with Crippen LogP contribution in [0.15, 0.2) is 49.4 Å². The molecule has 5 heteroatoms. The van der Waals surface area contributed by atoms with E-state index < -0.39 is 0 Å². The highest BCUT2D eigenvalue weighted by Gasteiger charge is 2.30. The highest BCUT2D eigenvalue weighted by atomic mass is 15.2. The van der Waals surface area contributed by atoms with Crippen LogP contribution in [0.2, 0.25) is 0 Å². The van der Waals surface area contributed by atoms with E-state index in [1.807, 2.05) is 30.9 Å². The SMILES string of the molecule is c1cnc2c(c1)-c1c3n4ccncc4c[n+]3cn1C2. The predicted molar refractivity (Wildman–Crippen MR) is 68.7 cm³/mol. The summed E-state index contributed by atoms with van der Waals surface area (Å²) in [5.41, 5.74) is 5.86. The number of nitrogens with zero attached hydrogens (tertiary/aromatic N) is 5. The minimum Gasteiger partial charge on any atom is -0.258 e. The molecule has 5 rings (SSSR count). The molecule has 4 aromatic rings. The number of pyridine rings is 1. The van der Waals surface area contributed by atoms with Gasteiger partial charge < -0.3 is 0 Å². The third-order valence-corrected chi connectivity index (χ3v) is 3.76. The van der Waals surface area contributed by atoms with E-state index in [1.165, 1.54) is 16.9 Å². The van der Waals surface area contributed by atoms with Crippen LogP contribution in [0.1, 0.15) is 5.69 Å². The van der Waals surface area contributed by atoms with Crippen molar-refractivity contribution in [2.45, 2.75) is 6.54 Å². The summed E-state index contributed by atoms with van der Waals surface area (Å²) in [6.45, 7) is 0.848. The van der Waals surface area contributed by atoms with Crippen LogP contribution in [0.25, 0.3) is 22.4 Å². The van der Waals surface area contributed by atoms with Gasteiger partial charge in [-0.3, -0.25) is 14.5 Å². The number of fused-ring (bicyclic) bond motifs is 7. The summed E-state index contributed by atoms with van der Waals surface area (Å²) in [7, 11) is 0. The number of imidazole rings is 2. The Kier molecular flexibility index (Phi) is 1.46. The average molecular weight is 248 g/mol. The molecule has 0 N–H and O–H groups in total. The van der Waals surface area contributed by atoms with E-state index in [-0.39, 0.29) is 0 Å². The topological polar surface area (TPSA) is 39.2 Å². The molecule has 0 fully saturated rings. The van der Waals surface area contributed by atoms with Gasteiger partial charge in [0, 0.05) is 11.8 Å². The van der Waals surface area contributed by atoms with Crippen LogP contribution in [-0.2, 0) is 6.54 Å². The van der Waals surface area contributed by atoms with Crippen molar-refractivity contribution in [3.8, 4) is 11.3 Å². The Morgan fingerprint density at radius 3 is 3.26 bits per heavy atom. The first-order valence-corrected chi connectivity index (χ1v) is 6.21. The summed E-state index contributed by atoms with van der Waals surface area (Å²) >= 11 is 0. The van der Waals surface area contributed by atoms with Gasteiger partial charge in [-0.15, -0.1) is 0 Å². The van der Waals surface area contributed by atoms with E-state index in [2.05, 4.69) is 41.9 Å². The number of rotatable bonds is 0. The predicted octanol–water partition coefficient (Wildman–Crippen LogP) is 1.30. The zero-order valence-corrected chi connectivity index (χ0v) is 10.1. The quantitative estimate of drug-likeness (QED) is 0.387. The molecular formula is C14H10N5+. The van der Waals surface area contributed by atoms with Gasteiger partial charge >= 0.3 is 0 Å². The summed E-state index contributed by atoms with van der Waals surface area (Å²) in [4.78, 5) is 8.64. The molecule has 90 valence electrons. The molecule has 0 aliphatic carbocycles. The van der Waals surface area contributed by atoms with Gasteiger partial charge in [-0.25, -0.2) is 8.80 Å². The van der Waals surface area contributed by atoms with Crippen molar-refractivity contribution in [2.75, 3.05) is 0 Å². The summed E-state index contributed by atoms with van der Waals surface area (Å²) in [6.07, 6.45) is 11.8. The fourth-order valence-electron chi connectivity index (χ4n) is 2.99. The van der Waals surface area contributed by atoms with Gasteiger partial charge in [-0.05, 0) is 12.1 Å². The minimum atomic E-state index is 0.848. The smallest absolute Gasteiger partial charge is 0.258 e. The van der Waals surface area contributed by atoms with Crippen molar-refractivity contribution in [3.63, 3.8) is 0 Å². The molecule has 0 radical (unpaired) electrons. The lowest BCUT2D eigenvalue weighted by Crippen LogP contribution is -2.15. The van der Waals surface area contributed by atoms with Gasteiger partial charge in [-0.2, -0.15) is 0 Å². The summed E-state index contributed by atoms with van der Waals surface area (Å²) in [6, 6.07) is 4.14. The molecule has 5 nitrogen and oxygen atoms in total. The zero-order valence-electron chi connectivity index (χ0n) is 10.1. The minimum absolute atomic E-state index is 0.848. The maximum atomic E-state index is 4.47. The largest absolute Gasteiger partial charge is 0.278 e. The van der Waals surface area contributed by atoms with E-state index >= 15 is 0 Å². The Morgan fingerprint density at radius 1 is 1.26 bits per heavy atom. The molecule has 0 saturated carbocycles. The van der Waals surface area contributed by atoms with E-state index in [4.69, 9.17) is 0 Å². The fourth-order valence-corrected chi connectivity index (χ4v) is 2.99. The molecule has 0 saturated heterocycles. The first-order valence-electron chi connectivity index (χ1n) is 6.21. The maximum absolute atomic E-state index is 4.47. The molecule has 1 aliphatic rings. The molecule has 1 aliphatic heterocycles. The van der Waals surface area contributed by atoms with Gasteiger partial charge in [-0.1, -0.05) is 0 Å². The molecule has 5 heterocycles. The third kappa shape index (κ3) is 1.03. The Labute approximate surface area is 108 Å². The standard InChI is InChI=1S/C14H10N5/c1-2-11-12(16-3-1)8-17-9-18-7-10-6-15-4-5-19(10)14(18)13(11)17/h1-7,9H,8H2/q+1. The third-order valence-electron chi connectivity index (χ3n) is 3.76. The molecule has 19 heavy (non-hydrogen) atoms. The molecule has 0 unspecified atom stereocenters. The number of hydrogen-bond donors (Lipinski definition) is 0. The summed E-state index contributed by atoms with van der Waals surface area (Å²) in [5, 5.41) is 0. The summed E-state index contributed by atoms with van der Waals surface area (Å²) < 4.78 is 6.57. The second-order valence-electron chi connectivity index (χ2n) is 4.82. The normalized spacial score (nSPS) is 13.1. The lowest BCUT2D eigenvalue weighted by molar-refractivity contribution is -0.509. The van der Waals surface area contributed by atoms with Crippen molar-refractivity contribution in [1.29, 1.82) is 0 Å². The van der Waals surface area contributed by atoms with Crippen LogP contribution in [0.5, 0.6) is 0 Å². The molecule has 0 bridgehead atoms. The van der Waals surface area contributed by atoms with Gasteiger partial charge in [0.25, 0.3) is 5.65 Å². The van der Waals surface area contributed by atoms with Crippen LogP contribution in [0.4, 0.5) is 0 Å². The second kappa shape index (κ2) is 3.00. The van der Waals surface area contributed by atoms with E-state index in [0.717, 1.165) is 17.8 Å². The lowest BCUT2D eigenvalue weighted by atomic mass is 10.2. The van der Waals surface area contributed by atoms with Crippen LogP contribution in [0.3, 0.4) is 0 Å². The van der Waals surface area contributed by atoms with Gasteiger partial charge in [0.1, 0.15) is 12.7 Å². The molecule has 0 amide bonds. The Bertz CT molecular complexity index is 947. The Morgan fingerprint density at radius 2 is 2.26 bits per heavy atom. The Balaban J connectivity index is 2.00. The first-order chi connectivity index (χ1) is 9.42. The second-order valence-corrected chi connectivity index (χ2v) is 4.82. The Hall–Kier alpha value is -2.69. The van der Waals surface area contributed by atoms with Crippen LogP contribution >= 0.6 is 0 Å². The van der Waals surface area contributed by atoms with Gasteiger partial charge in [0.2, 0.25) is 0 Å². The zero-order chi connectivity index (χ0) is 12.4. The van der Waals surface area contributed by atoms with E-state index in [9.17, 15) is 0 Å². The lowest BCUT2D eigenvalue weighted by Gasteiger charge is -1.93.